The number of aliphatic hydroxyl groups is 1. The highest BCUT2D eigenvalue weighted by atomic mass is 19.1. The van der Waals surface area contributed by atoms with Gasteiger partial charge in [0.25, 0.3) is 11.5 Å². The van der Waals surface area contributed by atoms with E-state index in [4.69, 9.17) is 9.84 Å². The molecular weight excluding hydrogens is 451 g/mol. The fourth-order valence-corrected chi connectivity index (χ4v) is 4.88. The molecule has 2 aromatic heterocycles. The van der Waals surface area contributed by atoms with Gasteiger partial charge in [-0.2, -0.15) is 5.10 Å². The van der Waals surface area contributed by atoms with Gasteiger partial charge in [0.15, 0.2) is 0 Å². The van der Waals surface area contributed by atoms with Gasteiger partial charge in [0.05, 0.1) is 29.3 Å². The lowest BCUT2D eigenvalue weighted by Crippen LogP contribution is -2.26. The van der Waals surface area contributed by atoms with E-state index < -0.39 is 23.7 Å². The number of nitrogens with one attached hydrogen (secondary N) is 1. The number of rotatable bonds is 7. The molecular formula is C26H31FN4O4. The number of fused-ring (bicyclic) bond motifs is 1. The lowest BCUT2D eigenvalue weighted by Gasteiger charge is -2.27. The average molecular weight is 483 g/mol. The highest BCUT2D eigenvalue weighted by molar-refractivity contribution is 6.08. The minimum atomic E-state index is -1.03. The molecule has 1 amide bonds. The third-order valence-corrected chi connectivity index (χ3v) is 6.94. The third-order valence-electron chi connectivity index (χ3n) is 6.94. The summed E-state index contributed by atoms with van der Waals surface area (Å²) in [4.78, 5) is 26.1. The molecule has 2 aliphatic rings. The van der Waals surface area contributed by atoms with Crippen molar-refractivity contribution in [2.75, 3.05) is 11.9 Å². The second-order valence-corrected chi connectivity index (χ2v) is 9.95. The lowest BCUT2D eigenvalue weighted by molar-refractivity contribution is 0.102. The zero-order valence-electron chi connectivity index (χ0n) is 20.0. The van der Waals surface area contributed by atoms with Crippen LogP contribution in [0.25, 0.3) is 10.9 Å². The Labute approximate surface area is 202 Å². The van der Waals surface area contributed by atoms with Gasteiger partial charge in [-0.1, -0.05) is 0 Å². The second kappa shape index (κ2) is 9.45. The number of aliphatic hydroxyl groups excluding tert-OH is 1. The molecule has 8 nitrogen and oxygen atoms in total. The van der Waals surface area contributed by atoms with Crippen molar-refractivity contribution in [2.45, 2.75) is 70.3 Å². The molecule has 1 unspecified atom stereocenters. The van der Waals surface area contributed by atoms with Gasteiger partial charge in [0.1, 0.15) is 17.6 Å². The Morgan fingerprint density at radius 3 is 2.69 bits per heavy atom. The summed E-state index contributed by atoms with van der Waals surface area (Å²) in [6.45, 7) is 3.98. The third kappa shape index (κ3) is 4.82. The van der Waals surface area contributed by atoms with Crippen LogP contribution >= 0.6 is 0 Å². The number of benzene rings is 1. The summed E-state index contributed by atoms with van der Waals surface area (Å²) < 4.78 is 22.7. The van der Waals surface area contributed by atoms with Crippen molar-refractivity contribution < 1.29 is 19.0 Å². The van der Waals surface area contributed by atoms with Gasteiger partial charge < -0.3 is 19.7 Å². The van der Waals surface area contributed by atoms with Gasteiger partial charge in [-0.3, -0.25) is 14.3 Å². The molecule has 3 aromatic rings. The number of halogens is 1. The zero-order chi connectivity index (χ0) is 24.7. The van der Waals surface area contributed by atoms with Crippen molar-refractivity contribution in [1.82, 2.24) is 14.3 Å². The number of aromatic nitrogens is 3. The van der Waals surface area contributed by atoms with Crippen molar-refractivity contribution in [1.29, 1.82) is 0 Å². The standard InChI is InChI=1S/C26H31FN4O4/c1-15(2)35-24-12-22-17(13-31(29-22)18-7-5-16(14-32)6-8-18)10-19(24)25(33)28-21-4-3-9-30(26(21)34)23-11-20(23)27/h3-4,9-10,12-13,15-16,18,20,23,32H,5-8,11,14H2,1-2H3,(H,28,33)/t16?,18?,20-,23?/m1/s1. The summed E-state index contributed by atoms with van der Waals surface area (Å²) in [5.74, 6) is 0.276. The van der Waals surface area contributed by atoms with Crippen LogP contribution in [-0.2, 0) is 0 Å². The van der Waals surface area contributed by atoms with Gasteiger partial charge in [-0.15, -0.1) is 0 Å². The van der Waals surface area contributed by atoms with Crippen LogP contribution in [0.1, 0.15) is 68.4 Å². The number of pyridine rings is 1. The summed E-state index contributed by atoms with van der Waals surface area (Å²) in [6.07, 6.45) is 6.43. The predicted octanol–water partition coefficient (Wildman–Crippen LogP) is 4.24. The quantitative estimate of drug-likeness (QED) is 0.525. The van der Waals surface area contributed by atoms with E-state index in [0.29, 0.717) is 23.7 Å². The van der Waals surface area contributed by atoms with E-state index in [2.05, 4.69) is 5.32 Å². The molecule has 0 bridgehead atoms. The zero-order valence-corrected chi connectivity index (χ0v) is 20.0. The Morgan fingerprint density at radius 1 is 1.29 bits per heavy atom. The Hall–Kier alpha value is -3.20. The molecule has 0 spiro atoms. The molecule has 186 valence electrons. The van der Waals surface area contributed by atoms with Crippen molar-refractivity contribution in [2.24, 2.45) is 5.92 Å². The normalized spacial score (nSPS) is 24.0. The first kappa shape index (κ1) is 23.5. The minimum absolute atomic E-state index is 0.100. The highest BCUT2D eigenvalue weighted by Crippen LogP contribution is 2.38. The fourth-order valence-electron chi connectivity index (χ4n) is 4.88. The van der Waals surface area contributed by atoms with Crippen LogP contribution in [0.3, 0.4) is 0 Å². The maximum atomic E-state index is 13.5. The largest absolute Gasteiger partial charge is 0.490 e. The second-order valence-electron chi connectivity index (χ2n) is 9.95. The fraction of sp³-hybridized carbons (Fsp3) is 0.500. The molecule has 5 rings (SSSR count). The van der Waals surface area contributed by atoms with Gasteiger partial charge in [-0.25, -0.2) is 4.39 Å². The first-order valence-corrected chi connectivity index (χ1v) is 12.3. The summed E-state index contributed by atoms with van der Waals surface area (Å²) >= 11 is 0. The van der Waals surface area contributed by atoms with E-state index in [0.717, 1.165) is 36.6 Å². The Morgan fingerprint density at radius 2 is 2.03 bits per heavy atom. The number of nitrogens with zero attached hydrogens (tertiary/aromatic N) is 3. The molecule has 2 N–H and O–H groups in total. The smallest absolute Gasteiger partial charge is 0.274 e. The average Bonchev–Trinajstić information content (AvgIpc) is 3.41. The van der Waals surface area contributed by atoms with Crippen LogP contribution in [0.2, 0.25) is 0 Å². The molecule has 2 atom stereocenters. The topological polar surface area (TPSA) is 98.4 Å². The first-order chi connectivity index (χ1) is 16.8. The maximum absolute atomic E-state index is 13.5. The maximum Gasteiger partial charge on any atom is 0.274 e. The van der Waals surface area contributed by atoms with E-state index in [9.17, 15) is 19.1 Å². The number of ether oxygens (including phenoxy) is 1. The van der Waals surface area contributed by atoms with E-state index in [1.165, 1.54) is 10.6 Å². The summed E-state index contributed by atoms with van der Waals surface area (Å²) in [7, 11) is 0. The van der Waals surface area contributed by atoms with Crippen molar-refractivity contribution in [3.63, 3.8) is 0 Å². The van der Waals surface area contributed by atoms with Gasteiger partial charge in [-0.05, 0) is 63.6 Å². The monoisotopic (exact) mass is 482 g/mol. The molecule has 2 saturated carbocycles. The number of hydrogen-bond donors (Lipinski definition) is 2. The molecule has 2 fully saturated rings. The Kier molecular flexibility index (Phi) is 6.35. The van der Waals surface area contributed by atoms with Crippen LogP contribution in [0.4, 0.5) is 10.1 Å². The van der Waals surface area contributed by atoms with Crippen LogP contribution in [0.5, 0.6) is 5.75 Å². The van der Waals surface area contributed by atoms with Crippen LogP contribution in [0.15, 0.2) is 41.5 Å². The number of alkyl halides is 1. The number of amides is 1. The first-order valence-electron chi connectivity index (χ1n) is 12.3. The van der Waals surface area contributed by atoms with E-state index in [1.54, 1.807) is 24.4 Å². The van der Waals surface area contributed by atoms with E-state index >= 15 is 0 Å². The van der Waals surface area contributed by atoms with Crippen molar-refractivity contribution in [3.8, 4) is 5.75 Å². The highest BCUT2D eigenvalue weighted by Gasteiger charge is 2.40. The summed E-state index contributed by atoms with van der Waals surface area (Å²) in [6, 6.07) is 6.45. The molecule has 35 heavy (non-hydrogen) atoms. The van der Waals surface area contributed by atoms with Crippen LogP contribution in [0, 0.1) is 5.92 Å². The van der Waals surface area contributed by atoms with E-state index in [-0.39, 0.29) is 24.4 Å². The SMILES string of the molecule is CC(C)Oc1cc2nn(C3CCC(CO)CC3)cc2cc1C(=O)Nc1cccn(C2C[C@H]2F)c1=O. The number of carbonyl (C=O) groups is 1. The van der Waals surface area contributed by atoms with E-state index in [1.807, 2.05) is 24.7 Å². The summed E-state index contributed by atoms with van der Waals surface area (Å²) in [5, 5.41) is 17.7. The molecule has 0 aliphatic heterocycles. The van der Waals surface area contributed by atoms with Gasteiger partial charge in [0, 0.05) is 36.9 Å². The number of anilines is 1. The molecule has 9 heteroatoms. The number of hydrogen-bond acceptors (Lipinski definition) is 5. The minimum Gasteiger partial charge on any atom is -0.490 e. The molecule has 0 radical (unpaired) electrons. The molecule has 1 aromatic carbocycles. The van der Waals surface area contributed by atoms with Gasteiger partial charge in [0.2, 0.25) is 0 Å². The van der Waals surface area contributed by atoms with Crippen LogP contribution in [-0.4, -0.2) is 44.2 Å². The Balaban J connectivity index is 1.44. The molecule has 0 saturated heterocycles. The lowest BCUT2D eigenvalue weighted by atomic mass is 9.87. The predicted molar refractivity (Wildman–Crippen MR) is 131 cm³/mol. The van der Waals surface area contributed by atoms with Gasteiger partial charge >= 0.3 is 0 Å². The Bertz CT molecular complexity index is 1290. The molecule has 2 aliphatic carbocycles. The summed E-state index contributed by atoms with van der Waals surface area (Å²) in [5.41, 5.74) is 0.707. The van der Waals surface area contributed by atoms with Crippen molar-refractivity contribution >= 4 is 22.5 Å². The van der Waals surface area contributed by atoms with Crippen molar-refractivity contribution in [3.05, 3.63) is 52.6 Å². The number of carbonyl (C=O) groups excluding carboxylic acids is 1. The van der Waals surface area contributed by atoms with Crippen LogP contribution < -0.4 is 15.6 Å². The molecule has 2 heterocycles.